The van der Waals surface area contributed by atoms with E-state index >= 15 is 0 Å². The molecule has 0 aromatic carbocycles. The fourth-order valence-corrected chi connectivity index (χ4v) is 1.63. The van der Waals surface area contributed by atoms with E-state index in [2.05, 4.69) is 46.5 Å². The van der Waals surface area contributed by atoms with Crippen LogP contribution >= 0.6 is 15.9 Å². The van der Waals surface area contributed by atoms with Crippen LogP contribution in [-0.2, 0) is 4.74 Å². The summed E-state index contributed by atoms with van der Waals surface area (Å²) in [5.41, 5.74) is 0.693. The Hall–Kier alpha value is -0.710. The maximum Gasteiger partial charge on any atom is 0.407 e. The van der Waals surface area contributed by atoms with Gasteiger partial charge in [0.25, 0.3) is 0 Å². The van der Waals surface area contributed by atoms with Crippen molar-refractivity contribution in [2.24, 2.45) is 0 Å². The van der Waals surface area contributed by atoms with Crippen molar-refractivity contribution in [3.05, 3.63) is 11.8 Å². The van der Waals surface area contributed by atoms with Crippen LogP contribution in [-0.4, -0.2) is 29.6 Å². The van der Waals surface area contributed by atoms with E-state index in [1.54, 1.807) is 0 Å². The summed E-state index contributed by atoms with van der Waals surface area (Å²) in [4.78, 5) is 11.7. The third-order valence-electron chi connectivity index (χ3n) is 1.97. The predicted octanol–water partition coefficient (Wildman–Crippen LogP) is 3.18. The summed E-state index contributed by atoms with van der Waals surface area (Å²) < 4.78 is 5.14. The second kappa shape index (κ2) is 8.40. The molecule has 0 bridgehead atoms. The first kappa shape index (κ1) is 17.3. The summed E-state index contributed by atoms with van der Waals surface area (Å²) in [5.74, 6) is 0. The fraction of sp³-hybridized carbons (Fsp3) is 0.769. The van der Waals surface area contributed by atoms with Crippen LogP contribution in [0.3, 0.4) is 0 Å². The van der Waals surface area contributed by atoms with Crippen molar-refractivity contribution in [2.75, 3.05) is 13.1 Å². The summed E-state index contributed by atoms with van der Waals surface area (Å²) >= 11 is 3.52. The SMILES string of the molecule is CCC=C(NCCNC(=O)OC(C)(C)C)C(C)Br. The third-order valence-corrected chi connectivity index (χ3v) is 2.47. The molecule has 0 aliphatic carbocycles. The molecule has 0 spiro atoms. The first-order valence-corrected chi connectivity index (χ1v) is 7.22. The van der Waals surface area contributed by atoms with Crippen molar-refractivity contribution in [1.82, 2.24) is 10.6 Å². The minimum absolute atomic E-state index is 0.291. The molecule has 1 unspecified atom stereocenters. The lowest BCUT2D eigenvalue weighted by molar-refractivity contribution is 0.0528. The number of allylic oxidation sites excluding steroid dienone is 2. The number of hydrogen-bond acceptors (Lipinski definition) is 3. The molecular weight excluding hydrogens is 296 g/mol. The average Bonchev–Trinajstić information content (AvgIpc) is 2.19. The normalized spacial score (nSPS) is 14.0. The van der Waals surface area contributed by atoms with Crippen molar-refractivity contribution in [2.45, 2.75) is 51.5 Å². The highest BCUT2D eigenvalue weighted by atomic mass is 79.9. The van der Waals surface area contributed by atoms with Crippen LogP contribution in [0.15, 0.2) is 11.8 Å². The minimum Gasteiger partial charge on any atom is -0.444 e. The van der Waals surface area contributed by atoms with Gasteiger partial charge < -0.3 is 15.4 Å². The van der Waals surface area contributed by atoms with E-state index in [1.807, 2.05) is 20.8 Å². The molecule has 0 heterocycles. The van der Waals surface area contributed by atoms with Crippen LogP contribution in [0.2, 0.25) is 0 Å². The Balaban J connectivity index is 3.86. The van der Waals surface area contributed by atoms with Gasteiger partial charge in [0.05, 0.1) is 4.83 Å². The Bertz CT molecular complexity index is 283. The quantitative estimate of drug-likeness (QED) is 0.583. The van der Waals surface area contributed by atoms with Crippen molar-refractivity contribution in [1.29, 1.82) is 0 Å². The van der Waals surface area contributed by atoms with Gasteiger partial charge in [-0.2, -0.15) is 0 Å². The van der Waals surface area contributed by atoms with Gasteiger partial charge in [-0.05, 0) is 34.1 Å². The summed E-state index contributed by atoms with van der Waals surface area (Å²) in [6.07, 6.45) is 2.74. The van der Waals surface area contributed by atoms with Gasteiger partial charge in [-0.25, -0.2) is 4.79 Å². The molecule has 106 valence electrons. The van der Waals surface area contributed by atoms with Gasteiger partial charge in [-0.15, -0.1) is 0 Å². The van der Waals surface area contributed by atoms with Crippen molar-refractivity contribution in [3.8, 4) is 0 Å². The van der Waals surface area contributed by atoms with E-state index in [1.165, 1.54) is 0 Å². The fourth-order valence-electron chi connectivity index (χ4n) is 1.28. The third kappa shape index (κ3) is 9.33. The number of hydrogen-bond donors (Lipinski definition) is 2. The Labute approximate surface area is 119 Å². The molecule has 0 fully saturated rings. The number of alkyl halides is 1. The van der Waals surface area contributed by atoms with Crippen molar-refractivity contribution < 1.29 is 9.53 Å². The molecule has 5 heteroatoms. The first-order chi connectivity index (χ1) is 8.26. The van der Waals surface area contributed by atoms with Crippen molar-refractivity contribution in [3.63, 3.8) is 0 Å². The summed E-state index contributed by atoms with van der Waals surface area (Å²) in [6.45, 7) is 10.9. The lowest BCUT2D eigenvalue weighted by atomic mass is 10.2. The number of halogens is 1. The molecule has 0 aromatic rings. The smallest absolute Gasteiger partial charge is 0.407 e. The molecule has 4 nitrogen and oxygen atoms in total. The topological polar surface area (TPSA) is 50.4 Å². The zero-order chi connectivity index (χ0) is 14.2. The molecule has 0 radical (unpaired) electrons. The van der Waals surface area contributed by atoms with Gasteiger partial charge in [0, 0.05) is 18.8 Å². The van der Waals surface area contributed by atoms with Gasteiger partial charge in [0.15, 0.2) is 0 Å². The second-order valence-corrected chi connectivity index (χ2v) is 6.41. The molecular formula is C13H25BrN2O2. The molecule has 18 heavy (non-hydrogen) atoms. The number of nitrogens with one attached hydrogen (secondary N) is 2. The Morgan fingerprint density at radius 3 is 2.33 bits per heavy atom. The summed E-state index contributed by atoms with van der Waals surface area (Å²) in [5, 5.41) is 5.99. The Morgan fingerprint density at radius 1 is 1.33 bits per heavy atom. The standard InChI is InChI=1S/C13H25BrN2O2/c1-6-7-11(10(2)14)15-8-9-16-12(17)18-13(3,4)5/h7,10,15H,6,8-9H2,1-5H3,(H,16,17). The number of alkyl carbamates (subject to hydrolysis) is 1. The van der Waals surface area contributed by atoms with Crippen LogP contribution in [0.1, 0.15) is 41.0 Å². The largest absolute Gasteiger partial charge is 0.444 e. The highest BCUT2D eigenvalue weighted by molar-refractivity contribution is 9.09. The summed E-state index contributed by atoms with van der Waals surface area (Å²) in [6, 6.07) is 0. The highest BCUT2D eigenvalue weighted by Crippen LogP contribution is 2.09. The van der Waals surface area contributed by atoms with E-state index in [0.29, 0.717) is 17.9 Å². The van der Waals surface area contributed by atoms with Crippen LogP contribution in [0.5, 0.6) is 0 Å². The molecule has 0 aromatic heterocycles. The van der Waals surface area contributed by atoms with Crippen LogP contribution in [0.25, 0.3) is 0 Å². The number of amides is 1. The number of rotatable bonds is 6. The number of ether oxygens (including phenoxy) is 1. The van der Waals surface area contributed by atoms with Gasteiger partial charge in [0.2, 0.25) is 0 Å². The number of carbonyl (C=O) groups is 1. The lowest BCUT2D eigenvalue weighted by Crippen LogP contribution is -2.36. The van der Waals surface area contributed by atoms with Crippen LogP contribution in [0, 0.1) is 0 Å². The predicted molar refractivity (Wildman–Crippen MR) is 79.0 cm³/mol. The van der Waals surface area contributed by atoms with E-state index in [0.717, 1.165) is 12.1 Å². The maximum atomic E-state index is 11.4. The monoisotopic (exact) mass is 320 g/mol. The molecule has 0 saturated carbocycles. The van der Waals surface area contributed by atoms with E-state index in [-0.39, 0.29) is 6.09 Å². The van der Waals surface area contributed by atoms with Crippen LogP contribution < -0.4 is 10.6 Å². The van der Waals surface area contributed by atoms with Gasteiger partial charge in [-0.3, -0.25) is 0 Å². The highest BCUT2D eigenvalue weighted by Gasteiger charge is 2.15. The van der Waals surface area contributed by atoms with Gasteiger partial charge in [0.1, 0.15) is 5.60 Å². The average molecular weight is 321 g/mol. The Morgan fingerprint density at radius 2 is 1.89 bits per heavy atom. The van der Waals surface area contributed by atoms with Gasteiger partial charge >= 0.3 is 6.09 Å². The van der Waals surface area contributed by atoms with Crippen molar-refractivity contribution >= 4 is 22.0 Å². The van der Waals surface area contributed by atoms with E-state index in [9.17, 15) is 4.79 Å². The molecule has 0 rings (SSSR count). The minimum atomic E-state index is -0.449. The van der Waals surface area contributed by atoms with Gasteiger partial charge in [-0.1, -0.05) is 28.9 Å². The lowest BCUT2D eigenvalue weighted by Gasteiger charge is -2.20. The molecule has 0 aliphatic rings. The molecule has 2 N–H and O–H groups in total. The first-order valence-electron chi connectivity index (χ1n) is 6.31. The molecule has 0 aliphatic heterocycles. The van der Waals surface area contributed by atoms with E-state index < -0.39 is 5.60 Å². The second-order valence-electron chi connectivity index (χ2n) is 5.04. The molecule has 1 amide bonds. The molecule has 1 atom stereocenters. The maximum absolute atomic E-state index is 11.4. The van der Waals surface area contributed by atoms with Crippen LogP contribution in [0.4, 0.5) is 4.79 Å². The zero-order valence-corrected chi connectivity index (χ0v) is 13.6. The molecule has 0 saturated heterocycles. The zero-order valence-electron chi connectivity index (χ0n) is 12.0. The Kier molecular flexibility index (Phi) is 8.07. The summed E-state index contributed by atoms with van der Waals surface area (Å²) in [7, 11) is 0. The number of carbonyl (C=O) groups excluding carboxylic acids is 1. The van der Waals surface area contributed by atoms with E-state index in [4.69, 9.17) is 4.74 Å².